The van der Waals surface area contributed by atoms with Gasteiger partial charge in [0.25, 0.3) is 7.48 Å². The van der Waals surface area contributed by atoms with Crippen molar-refractivity contribution in [3.8, 4) is 0 Å². The summed E-state index contributed by atoms with van der Waals surface area (Å²) < 4.78 is 5.19. The molecule has 0 rings (SSSR count). The Hall–Kier alpha value is -0.305. The van der Waals surface area contributed by atoms with Crippen LogP contribution in [0.3, 0.4) is 0 Å². The van der Waals surface area contributed by atoms with Crippen LogP contribution < -0.4 is 0 Å². The molecule has 0 saturated heterocycles. The average Bonchev–Trinajstić information content (AvgIpc) is 1.63. The first-order valence-electron chi connectivity index (χ1n) is 3.04. The lowest BCUT2D eigenvalue weighted by Crippen LogP contribution is -2.21. The monoisotopic (exact) mass is 126 g/mol. The Morgan fingerprint density at radius 3 is 2.44 bits per heavy atom. The Bertz CT molecular complexity index is 87.5. The molecule has 0 unspecified atom stereocenters. The molecule has 0 heterocycles. The fourth-order valence-corrected chi connectivity index (χ4v) is 0.346. The molecule has 0 aliphatic rings. The summed E-state index contributed by atoms with van der Waals surface area (Å²) in [5.41, 5.74) is -0.108. The largest absolute Gasteiger partial charge is 0.436 e. The van der Waals surface area contributed by atoms with Gasteiger partial charge in [-0.25, -0.2) is 0 Å². The van der Waals surface area contributed by atoms with E-state index in [4.69, 9.17) is 10.1 Å². The van der Waals surface area contributed by atoms with Crippen molar-refractivity contribution in [1.82, 2.24) is 0 Å². The van der Waals surface area contributed by atoms with Crippen molar-refractivity contribution in [2.75, 3.05) is 0 Å². The molecule has 0 bridgehead atoms. The first kappa shape index (κ1) is 8.69. The van der Waals surface area contributed by atoms with Gasteiger partial charge in [0.05, 0.1) is 0 Å². The van der Waals surface area contributed by atoms with Crippen molar-refractivity contribution < 1.29 is 4.65 Å². The van der Waals surface area contributed by atoms with Gasteiger partial charge in [0.15, 0.2) is 0 Å². The molecule has 1 N–H and O–H groups in total. The van der Waals surface area contributed by atoms with Gasteiger partial charge in [-0.2, -0.15) is 0 Å². The molecule has 0 amide bonds. The van der Waals surface area contributed by atoms with Crippen LogP contribution in [0, 0.1) is 5.41 Å². The van der Waals surface area contributed by atoms with Crippen molar-refractivity contribution >= 4 is 13.7 Å². The van der Waals surface area contributed by atoms with E-state index in [1.165, 1.54) is 6.21 Å². The highest BCUT2D eigenvalue weighted by molar-refractivity contribution is 6.32. The van der Waals surface area contributed by atoms with Crippen molar-refractivity contribution in [1.29, 1.82) is 5.41 Å². The Labute approximate surface area is 57.4 Å². The summed E-state index contributed by atoms with van der Waals surface area (Å²) in [7, 11) is 1.65. The molecule has 0 aliphatic carbocycles. The quantitative estimate of drug-likeness (QED) is 0.346. The average molecular weight is 126 g/mol. The molecular weight excluding hydrogens is 113 g/mol. The van der Waals surface area contributed by atoms with E-state index in [9.17, 15) is 0 Å². The summed E-state index contributed by atoms with van der Waals surface area (Å²) in [5, 5.41) is 6.67. The molecule has 0 spiro atoms. The highest BCUT2D eigenvalue weighted by Gasteiger charge is 2.08. The predicted molar refractivity (Wildman–Crippen MR) is 40.2 cm³/mol. The van der Waals surface area contributed by atoms with Crippen molar-refractivity contribution in [3.05, 3.63) is 0 Å². The van der Waals surface area contributed by atoms with Gasteiger partial charge in [0.2, 0.25) is 0 Å². The molecule has 0 aromatic rings. The maximum Gasteiger partial charge on any atom is 0.298 e. The van der Waals surface area contributed by atoms with E-state index >= 15 is 0 Å². The van der Waals surface area contributed by atoms with Gasteiger partial charge in [-0.1, -0.05) is 0 Å². The van der Waals surface area contributed by atoms with E-state index in [2.05, 4.69) is 0 Å². The lowest BCUT2D eigenvalue weighted by molar-refractivity contribution is 0.139. The molecule has 9 heavy (non-hydrogen) atoms. The third-order valence-corrected chi connectivity index (χ3v) is 0.651. The molecule has 0 saturated carbocycles. The van der Waals surface area contributed by atoms with Crippen molar-refractivity contribution in [2.45, 2.75) is 32.7 Å². The molecular formula is C6H13BNO. The van der Waals surface area contributed by atoms with E-state index in [-0.39, 0.29) is 5.60 Å². The molecule has 3 heteroatoms. The van der Waals surface area contributed by atoms with Crippen LogP contribution in [-0.4, -0.2) is 19.3 Å². The standard InChI is InChI=1S/C6H13BNO/c1-6(2,3)9-7-4-5-8/h5,8H,4H2,1-3H3. The van der Waals surface area contributed by atoms with E-state index in [0.717, 1.165) is 0 Å². The van der Waals surface area contributed by atoms with E-state index in [1.807, 2.05) is 20.8 Å². The smallest absolute Gasteiger partial charge is 0.298 e. The Morgan fingerprint density at radius 1 is 1.56 bits per heavy atom. The SMILES string of the molecule is CC(C)(C)O[B]CC=N. The summed E-state index contributed by atoms with van der Waals surface area (Å²) in [4.78, 5) is 0. The van der Waals surface area contributed by atoms with Crippen LogP contribution in [0.4, 0.5) is 0 Å². The van der Waals surface area contributed by atoms with Gasteiger partial charge in [0, 0.05) is 5.60 Å². The van der Waals surface area contributed by atoms with E-state index < -0.39 is 0 Å². The predicted octanol–water partition coefficient (Wildman–Crippen LogP) is 1.49. The fraction of sp³-hybridized carbons (Fsp3) is 0.833. The zero-order valence-corrected chi connectivity index (χ0v) is 6.27. The number of hydrogen-bond acceptors (Lipinski definition) is 2. The number of hydrogen-bond donors (Lipinski definition) is 1. The van der Waals surface area contributed by atoms with E-state index in [1.54, 1.807) is 7.48 Å². The summed E-state index contributed by atoms with van der Waals surface area (Å²) in [6, 6.07) is 0. The minimum atomic E-state index is -0.108. The van der Waals surface area contributed by atoms with Gasteiger partial charge in [-0.3, -0.25) is 0 Å². The second kappa shape index (κ2) is 3.67. The summed E-state index contributed by atoms with van der Waals surface area (Å²) >= 11 is 0. The molecule has 0 aromatic heterocycles. The van der Waals surface area contributed by atoms with E-state index in [0.29, 0.717) is 6.32 Å². The zero-order chi connectivity index (χ0) is 7.33. The minimum absolute atomic E-state index is 0.108. The van der Waals surface area contributed by atoms with Gasteiger partial charge < -0.3 is 10.1 Å². The Morgan fingerprint density at radius 2 is 2.11 bits per heavy atom. The maximum absolute atomic E-state index is 6.67. The van der Waals surface area contributed by atoms with Gasteiger partial charge in [0.1, 0.15) is 0 Å². The third-order valence-electron chi connectivity index (χ3n) is 0.651. The van der Waals surface area contributed by atoms with Crippen molar-refractivity contribution in [2.24, 2.45) is 0 Å². The van der Waals surface area contributed by atoms with Crippen molar-refractivity contribution in [3.63, 3.8) is 0 Å². The fourth-order valence-electron chi connectivity index (χ4n) is 0.346. The third kappa shape index (κ3) is 7.69. The van der Waals surface area contributed by atoms with Crippen LogP contribution >= 0.6 is 0 Å². The number of nitrogens with one attached hydrogen (secondary N) is 1. The van der Waals surface area contributed by atoms with Crippen LogP contribution in [0.25, 0.3) is 0 Å². The van der Waals surface area contributed by atoms with Crippen LogP contribution in [0.5, 0.6) is 0 Å². The maximum atomic E-state index is 6.67. The molecule has 2 nitrogen and oxygen atoms in total. The molecule has 0 fully saturated rings. The highest BCUT2D eigenvalue weighted by atomic mass is 16.5. The zero-order valence-electron chi connectivity index (χ0n) is 6.27. The van der Waals surface area contributed by atoms with Gasteiger partial charge >= 0.3 is 0 Å². The van der Waals surface area contributed by atoms with Crippen LogP contribution in [0.2, 0.25) is 6.32 Å². The van der Waals surface area contributed by atoms with Gasteiger partial charge in [-0.15, -0.1) is 0 Å². The normalized spacial score (nSPS) is 11.0. The molecule has 1 radical (unpaired) electrons. The number of rotatable bonds is 3. The lowest BCUT2D eigenvalue weighted by atomic mass is 9.94. The summed E-state index contributed by atoms with van der Waals surface area (Å²) in [6.45, 7) is 5.94. The first-order valence-corrected chi connectivity index (χ1v) is 3.04. The second-order valence-corrected chi connectivity index (χ2v) is 2.84. The molecule has 0 aliphatic heterocycles. The summed E-state index contributed by atoms with van der Waals surface area (Å²) in [6.07, 6.45) is 1.91. The minimum Gasteiger partial charge on any atom is -0.436 e. The Kier molecular flexibility index (Phi) is 3.55. The lowest BCUT2D eigenvalue weighted by Gasteiger charge is -2.18. The Balaban J connectivity index is 3.17. The van der Waals surface area contributed by atoms with Crippen LogP contribution in [0.1, 0.15) is 20.8 Å². The summed E-state index contributed by atoms with van der Waals surface area (Å²) in [5.74, 6) is 0. The second-order valence-electron chi connectivity index (χ2n) is 2.84. The van der Waals surface area contributed by atoms with Crippen LogP contribution in [-0.2, 0) is 4.65 Å². The molecule has 0 atom stereocenters. The van der Waals surface area contributed by atoms with Crippen LogP contribution in [0.15, 0.2) is 0 Å². The topological polar surface area (TPSA) is 33.1 Å². The highest BCUT2D eigenvalue weighted by Crippen LogP contribution is 2.04. The molecule has 51 valence electrons. The molecule has 0 aromatic carbocycles. The van der Waals surface area contributed by atoms with Gasteiger partial charge in [-0.05, 0) is 33.3 Å². The first-order chi connectivity index (χ1) is 4.06.